The van der Waals surface area contributed by atoms with E-state index in [1.54, 1.807) is 6.08 Å². The molecule has 0 unspecified atom stereocenters. The van der Waals surface area contributed by atoms with Crippen LogP contribution in [0, 0.1) is 17.8 Å². The first-order chi connectivity index (χ1) is 10.6. The number of hydrogen-bond acceptors (Lipinski definition) is 5. The first-order valence-corrected chi connectivity index (χ1v) is 7.13. The first kappa shape index (κ1) is 16.2. The maximum atomic E-state index is 12.2. The van der Waals surface area contributed by atoms with E-state index in [1.165, 1.54) is 14.2 Å². The van der Waals surface area contributed by atoms with Gasteiger partial charge in [0.1, 0.15) is 0 Å². The number of allylic oxidation sites excluding steroid dienone is 1. The first-order valence-electron chi connectivity index (χ1n) is 7.13. The Morgan fingerprint density at radius 2 is 1.68 bits per heavy atom. The average molecular weight is 304 g/mol. The minimum absolute atomic E-state index is 0.156. The van der Waals surface area contributed by atoms with Crippen LogP contribution in [0.15, 0.2) is 42.5 Å². The Morgan fingerprint density at radius 1 is 1.05 bits per heavy atom. The second kappa shape index (κ2) is 7.22. The molecule has 1 aromatic carbocycles. The fourth-order valence-electron chi connectivity index (χ4n) is 3.07. The summed E-state index contributed by atoms with van der Waals surface area (Å²) >= 11 is 0. The van der Waals surface area contributed by atoms with E-state index in [-0.39, 0.29) is 12.5 Å². The second-order valence-electron chi connectivity index (χ2n) is 5.27. The maximum Gasteiger partial charge on any atom is 0.313 e. The number of hydrogen-bond donors (Lipinski definition) is 1. The number of carbonyl (C=O) groups is 2. The predicted octanol–water partition coefficient (Wildman–Crippen LogP) is 1.53. The lowest BCUT2D eigenvalue weighted by Gasteiger charge is -2.36. The van der Waals surface area contributed by atoms with Crippen molar-refractivity contribution in [3.05, 3.63) is 48.0 Å². The van der Waals surface area contributed by atoms with Crippen molar-refractivity contribution in [2.45, 2.75) is 5.92 Å². The summed E-state index contributed by atoms with van der Waals surface area (Å²) in [5, 5.41) is 9.82. The van der Waals surface area contributed by atoms with Crippen LogP contribution in [0.2, 0.25) is 0 Å². The van der Waals surface area contributed by atoms with Crippen LogP contribution in [0.25, 0.3) is 0 Å². The quantitative estimate of drug-likeness (QED) is 0.674. The molecule has 0 amide bonds. The third-order valence-corrected chi connectivity index (χ3v) is 4.18. The molecule has 0 heterocycles. The van der Waals surface area contributed by atoms with E-state index in [0.717, 1.165) is 5.56 Å². The van der Waals surface area contributed by atoms with Crippen molar-refractivity contribution < 1.29 is 24.2 Å². The lowest BCUT2D eigenvalue weighted by molar-refractivity contribution is -0.159. The van der Waals surface area contributed by atoms with Crippen LogP contribution in [0.5, 0.6) is 0 Å². The highest BCUT2D eigenvalue weighted by atomic mass is 16.5. The molecule has 0 bridgehead atoms. The highest BCUT2D eigenvalue weighted by Crippen LogP contribution is 2.40. The molecule has 0 aromatic heterocycles. The molecule has 0 saturated carbocycles. The minimum atomic E-state index is -0.766. The standard InChI is InChI=1S/C17H20O5/c1-21-16(19)13-9-8-12(11-6-4-3-5-7-11)14(10-18)15(13)17(20)22-2/h3-9,12-15,18H,10H2,1-2H3/t12-,13-,14-,15+/m1/s1. The van der Waals surface area contributed by atoms with Crippen molar-refractivity contribution in [1.82, 2.24) is 0 Å². The molecule has 118 valence electrons. The van der Waals surface area contributed by atoms with E-state index in [2.05, 4.69) is 0 Å². The molecule has 1 aliphatic carbocycles. The van der Waals surface area contributed by atoms with Crippen molar-refractivity contribution in [2.24, 2.45) is 17.8 Å². The van der Waals surface area contributed by atoms with E-state index < -0.39 is 29.7 Å². The molecule has 5 heteroatoms. The molecule has 0 spiro atoms. The van der Waals surface area contributed by atoms with Gasteiger partial charge in [0.25, 0.3) is 0 Å². The van der Waals surface area contributed by atoms with Gasteiger partial charge in [-0.2, -0.15) is 0 Å². The Balaban J connectivity index is 2.43. The zero-order valence-electron chi connectivity index (χ0n) is 12.6. The molecule has 4 atom stereocenters. The molecule has 5 nitrogen and oxygen atoms in total. The predicted molar refractivity (Wildman–Crippen MR) is 79.9 cm³/mol. The molecular formula is C17H20O5. The van der Waals surface area contributed by atoms with Crippen LogP contribution >= 0.6 is 0 Å². The van der Waals surface area contributed by atoms with Crippen LogP contribution in [0.3, 0.4) is 0 Å². The van der Waals surface area contributed by atoms with Gasteiger partial charge < -0.3 is 14.6 Å². The van der Waals surface area contributed by atoms with Gasteiger partial charge in [-0.05, 0) is 5.56 Å². The van der Waals surface area contributed by atoms with Gasteiger partial charge >= 0.3 is 11.9 Å². The van der Waals surface area contributed by atoms with Crippen LogP contribution in [0.1, 0.15) is 11.5 Å². The van der Waals surface area contributed by atoms with E-state index >= 15 is 0 Å². The van der Waals surface area contributed by atoms with Crippen LogP contribution in [-0.2, 0) is 19.1 Å². The van der Waals surface area contributed by atoms with Gasteiger partial charge in [0, 0.05) is 18.4 Å². The van der Waals surface area contributed by atoms with E-state index in [4.69, 9.17) is 9.47 Å². The number of aliphatic hydroxyl groups excluding tert-OH is 1. The number of benzene rings is 1. The molecule has 0 radical (unpaired) electrons. The fourth-order valence-corrected chi connectivity index (χ4v) is 3.07. The lowest BCUT2D eigenvalue weighted by atomic mass is 9.68. The second-order valence-corrected chi connectivity index (χ2v) is 5.27. The average Bonchev–Trinajstić information content (AvgIpc) is 2.59. The Labute approximate surface area is 129 Å². The van der Waals surface area contributed by atoms with Crippen LogP contribution in [-0.4, -0.2) is 37.9 Å². The molecule has 0 fully saturated rings. The Morgan fingerprint density at radius 3 is 2.23 bits per heavy atom. The largest absolute Gasteiger partial charge is 0.469 e. The van der Waals surface area contributed by atoms with E-state index in [1.807, 2.05) is 36.4 Å². The van der Waals surface area contributed by atoms with Crippen molar-refractivity contribution >= 4 is 11.9 Å². The number of carbonyl (C=O) groups excluding carboxylic acids is 2. The Bertz CT molecular complexity index is 551. The summed E-state index contributed by atoms with van der Waals surface area (Å²) in [5.41, 5.74) is 0.981. The molecule has 2 rings (SSSR count). The third kappa shape index (κ3) is 3.04. The van der Waals surface area contributed by atoms with Gasteiger partial charge in [0.15, 0.2) is 0 Å². The van der Waals surface area contributed by atoms with Crippen LogP contribution in [0.4, 0.5) is 0 Å². The summed E-state index contributed by atoms with van der Waals surface area (Å²) < 4.78 is 9.61. The molecule has 0 saturated heterocycles. The van der Waals surface area contributed by atoms with Crippen molar-refractivity contribution in [2.75, 3.05) is 20.8 Å². The Kier molecular flexibility index (Phi) is 5.33. The van der Waals surface area contributed by atoms with Crippen molar-refractivity contribution in [3.63, 3.8) is 0 Å². The highest BCUT2D eigenvalue weighted by molar-refractivity contribution is 5.84. The smallest absolute Gasteiger partial charge is 0.313 e. The number of ether oxygens (including phenoxy) is 2. The van der Waals surface area contributed by atoms with Crippen molar-refractivity contribution in [1.29, 1.82) is 0 Å². The fraction of sp³-hybridized carbons (Fsp3) is 0.412. The SMILES string of the molecule is COC(=O)[C@@H]1[C@H](CO)[C@@H](c2ccccc2)C=C[C@H]1C(=O)OC. The zero-order valence-corrected chi connectivity index (χ0v) is 12.6. The zero-order chi connectivity index (χ0) is 16.1. The number of rotatable bonds is 4. The molecule has 1 aliphatic rings. The lowest BCUT2D eigenvalue weighted by Crippen LogP contribution is -2.42. The normalized spacial score (nSPS) is 27.2. The van der Waals surface area contributed by atoms with Gasteiger partial charge in [0.05, 0.1) is 26.1 Å². The van der Waals surface area contributed by atoms with Gasteiger partial charge in [0.2, 0.25) is 0 Å². The van der Waals surface area contributed by atoms with Crippen molar-refractivity contribution in [3.8, 4) is 0 Å². The topological polar surface area (TPSA) is 72.8 Å². The van der Waals surface area contributed by atoms with Gasteiger partial charge in [-0.25, -0.2) is 0 Å². The summed E-state index contributed by atoms with van der Waals surface area (Å²) in [5.74, 6) is -3.12. The molecule has 0 aliphatic heterocycles. The van der Waals surface area contributed by atoms with Gasteiger partial charge in [-0.1, -0.05) is 42.5 Å². The summed E-state index contributed by atoms with van der Waals surface area (Å²) in [4.78, 5) is 24.1. The summed E-state index contributed by atoms with van der Waals surface area (Å²) in [6.45, 7) is -0.225. The number of methoxy groups -OCH3 is 2. The van der Waals surface area contributed by atoms with Crippen LogP contribution < -0.4 is 0 Å². The molecular weight excluding hydrogens is 284 g/mol. The maximum absolute atomic E-state index is 12.2. The summed E-state index contributed by atoms with van der Waals surface area (Å²) in [6, 6.07) is 9.57. The number of esters is 2. The molecule has 22 heavy (non-hydrogen) atoms. The van der Waals surface area contributed by atoms with E-state index in [0.29, 0.717) is 0 Å². The monoisotopic (exact) mass is 304 g/mol. The summed E-state index contributed by atoms with van der Waals surface area (Å²) in [6.07, 6.45) is 3.54. The number of aliphatic hydroxyl groups is 1. The molecule has 1 N–H and O–H groups in total. The Hall–Kier alpha value is -2.14. The van der Waals surface area contributed by atoms with E-state index in [9.17, 15) is 14.7 Å². The third-order valence-electron chi connectivity index (χ3n) is 4.18. The summed E-state index contributed by atoms with van der Waals surface area (Å²) in [7, 11) is 2.56. The minimum Gasteiger partial charge on any atom is -0.469 e. The molecule has 1 aromatic rings. The van der Waals surface area contributed by atoms with Gasteiger partial charge in [-0.15, -0.1) is 0 Å². The van der Waals surface area contributed by atoms with Gasteiger partial charge in [-0.3, -0.25) is 9.59 Å². The highest BCUT2D eigenvalue weighted by Gasteiger charge is 2.45.